The molecule has 0 amide bonds. The third kappa shape index (κ3) is 2.12. The summed E-state index contributed by atoms with van der Waals surface area (Å²) in [5.41, 5.74) is 2.81. The Balaban J connectivity index is 1.68. The highest BCUT2D eigenvalue weighted by atomic mass is 15.2. The van der Waals surface area contributed by atoms with Crippen LogP contribution in [0.4, 0.5) is 0 Å². The summed E-state index contributed by atoms with van der Waals surface area (Å²) in [7, 11) is 0. The molecule has 3 rings (SSSR count). The van der Waals surface area contributed by atoms with Crippen LogP contribution in [-0.2, 0) is 6.54 Å². The van der Waals surface area contributed by atoms with Crippen molar-refractivity contribution in [1.29, 1.82) is 0 Å². The Hall–Kier alpha value is -0.860. The zero-order valence-electron chi connectivity index (χ0n) is 10.8. The van der Waals surface area contributed by atoms with E-state index in [2.05, 4.69) is 48.3 Å². The fraction of sp³-hybridized carbons (Fsp3) is 0.600. The van der Waals surface area contributed by atoms with E-state index in [0.29, 0.717) is 0 Å². The molecule has 2 aliphatic rings. The van der Waals surface area contributed by atoms with Gasteiger partial charge in [0.1, 0.15) is 0 Å². The zero-order valence-corrected chi connectivity index (χ0v) is 10.8. The first kappa shape index (κ1) is 11.2. The number of rotatable bonds is 2. The lowest BCUT2D eigenvalue weighted by molar-refractivity contribution is 0.231. The number of fused-ring (bicyclic) bond motifs is 1. The van der Waals surface area contributed by atoms with Crippen molar-refractivity contribution in [3.05, 3.63) is 35.4 Å². The Kier molecular flexibility index (Phi) is 2.93. The molecule has 1 aromatic rings. The molecule has 3 unspecified atom stereocenters. The standard InChI is InChI=1S/C15H22N2/c1-11-3-5-13(6-4-11)9-17-10-14-7-16-8-15(14)12(17)2/h3-6,12,14-16H,7-10H2,1-2H3. The molecular weight excluding hydrogens is 208 g/mol. The normalized spacial score (nSPS) is 32.9. The Labute approximate surface area is 104 Å². The molecule has 3 atom stereocenters. The zero-order chi connectivity index (χ0) is 11.8. The first-order chi connectivity index (χ1) is 8.24. The fourth-order valence-corrected chi connectivity index (χ4v) is 3.39. The van der Waals surface area contributed by atoms with E-state index in [9.17, 15) is 0 Å². The number of hydrogen-bond acceptors (Lipinski definition) is 2. The van der Waals surface area contributed by atoms with Gasteiger partial charge in [-0.2, -0.15) is 0 Å². The lowest BCUT2D eigenvalue weighted by Gasteiger charge is -2.24. The molecular formula is C15H22N2. The van der Waals surface area contributed by atoms with E-state index in [4.69, 9.17) is 0 Å². The average Bonchev–Trinajstić information content (AvgIpc) is 2.87. The van der Waals surface area contributed by atoms with E-state index < -0.39 is 0 Å². The maximum atomic E-state index is 3.52. The lowest BCUT2D eigenvalue weighted by atomic mass is 9.95. The van der Waals surface area contributed by atoms with Gasteiger partial charge in [0, 0.05) is 19.1 Å². The monoisotopic (exact) mass is 230 g/mol. The van der Waals surface area contributed by atoms with Crippen molar-refractivity contribution in [3.63, 3.8) is 0 Å². The van der Waals surface area contributed by atoms with Crippen molar-refractivity contribution in [3.8, 4) is 0 Å². The summed E-state index contributed by atoms with van der Waals surface area (Å²) in [4.78, 5) is 2.65. The van der Waals surface area contributed by atoms with Crippen LogP contribution in [0.15, 0.2) is 24.3 Å². The fourth-order valence-electron chi connectivity index (χ4n) is 3.39. The molecule has 0 aromatic heterocycles. The summed E-state index contributed by atoms with van der Waals surface area (Å²) in [6.07, 6.45) is 0. The second kappa shape index (κ2) is 4.43. The smallest absolute Gasteiger partial charge is 0.0236 e. The molecule has 2 aliphatic heterocycles. The van der Waals surface area contributed by atoms with E-state index in [0.717, 1.165) is 24.4 Å². The van der Waals surface area contributed by atoms with Gasteiger partial charge in [-0.1, -0.05) is 29.8 Å². The number of benzene rings is 1. The summed E-state index contributed by atoms with van der Waals surface area (Å²) < 4.78 is 0. The largest absolute Gasteiger partial charge is 0.316 e. The minimum absolute atomic E-state index is 0.733. The number of likely N-dealkylation sites (tertiary alicyclic amines) is 1. The molecule has 2 saturated heterocycles. The summed E-state index contributed by atoms with van der Waals surface area (Å²) in [6, 6.07) is 9.72. The highest BCUT2D eigenvalue weighted by Gasteiger charge is 2.41. The summed E-state index contributed by atoms with van der Waals surface area (Å²) >= 11 is 0. The lowest BCUT2D eigenvalue weighted by Crippen LogP contribution is -2.32. The quantitative estimate of drug-likeness (QED) is 0.836. The molecule has 0 aliphatic carbocycles. The van der Waals surface area contributed by atoms with Crippen LogP contribution in [0.3, 0.4) is 0 Å². The first-order valence-electron chi connectivity index (χ1n) is 6.74. The van der Waals surface area contributed by atoms with Gasteiger partial charge in [-0.3, -0.25) is 4.90 Å². The Bertz CT molecular complexity index is 384. The summed E-state index contributed by atoms with van der Waals surface area (Å²) in [5.74, 6) is 1.76. The average molecular weight is 230 g/mol. The molecule has 17 heavy (non-hydrogen) atoms. The molecule has 0 saturated carbocycles. The molecule has 2 nitrogen and oxygen atoms in total. The molecule has 0 bridgehead atoms. The minimum atomic E-state index is 0.733. The maximum Gasteiger partial charge on any atom is 0.0236 e. The highest BCUT2D eigenvalue weighted by Crippen LogP contribution is 2.33. The van der Waals surface area contributed by atoms with Crippen LogP contribution < -0.4 is 5.32 Å². The van der Waals surface area contributed by atoms with Crippen LogP contribution in [0.5, 0.6) is 0 Å². The Morgan fingerprint density at radius 2 is 2.00 bits per heavy atom. The number of nitrogens with zero attached hydrogens (tertiary/aromatic N) is 1. The second-order valence-corrected chi connectivity index (χ2v) is 5.74. The van der Waals surface area contributed by atoms with E-state index in [1.165, 1.54) is 30.8 Å². The highest BCUT2D eigenvalue weighted by molar-refractivity contribution is 5.21. The SMILES string of the molecule is Cc1ccc(CN2CC3CNCC3C2C)cc1. The molecule has 2 fully saturated rings. The van der Waals surface area contributed by atoms with E-state index >= 15 is 0 Å². The molecule has 2 heteroatoms. The molecule has 92 valence electrons. The number of nitrogens with one attached hydrogen (secondary N) is 1. The van der Waals surface area contributed by atoms with Gasteiger partial charge in [0.05, 0.1) is 0 Å². The summed E-state index contributed by atoms with van der Waals surface area (Å²) in [6.45, 7) is 9.38. The Morgan fingerprint density at radius 3 is 2.71 bits per heavy atom. The van der Waals surface area contributed by atoms with Gasteiger partial charge in [0.2, 0.25) is 0 Å². The second-order valence-electron chi connectivity index (χ2n) is 5.74. The third-order valence-electron chi connectivity index (χ3n) is 4.56. The third-order valence-corrected chi connectivity index (χ3v) is 4.56. The van der Waals surface area contributed by atoms with Crippen molar-refractivity contribution in [2.24, 2.45) is 11.8 Å². The molecule has 2 heterocycles. The number of hydrogen-bond donors (Lipinski definition) is 1. The van der Waals surface area contributed by atoms with Gasteiger partial charge < -0.3 is 5.32 Å². The summed E-state index contributed by atoms with van der Waals surface area (Å²) in [5, 5.41) is 3.52. The van der Waals surface area contributed by atoms with Crippen molar-refractivity contribution >= 4 is 0 Å². The van der Waals surface area contributed by atoms with Crippen molar-refractivity contribution in [2.45, 2.75) is 26.4 Å². The van der Waals surface area contributed by atoms with Gasteiger partial charge >= 0.3 is 0 Å². The topological polar surface area (TPSA) is 15.3 Å². The van der Waals surface area contributed by atoms with E-state index in [1.54, 1.807) is 0 Å². The van der Waals surface area contributed by atoms with Gasteiger partial charge in [-0.15, -0.1) is 0 Å². The molecule has 1 aromatic carbocycles. The van der Waals surface area contributed by atoms with E-state index in [-0.39, 0.29) is 0 Å². The molecule has 0 radical (unpaired) electrons. The first-order valence-corrected chi connectivity index (χ1v) is 6.74. The maximum absolute atomic E-state index is 3.52. The van der Waals surface area contributed by atoms with Gasteiger partial charge in [-0.25, -0.2) is 0 Å². The van der Waals surface area contributed by atoms with Crippen LogP contribution >= 0.6 is 0 Å². The number of aryl methyl sites for hydroxylation is 1. The predicted molar refractivity (Wildman–Crippen MR) is 70.9 cm³/mol. The molecule has 0 spiro atoms. The Morgan fingerprint density at radius 1 is 1.24 bits per heavy atom. The van der Waals surface area contributed by atoms with Gasteiger partial charge in [0.15, 0.2) is 0 Å². The van der Waals surface area contributed by atoms with Crippen LogP contribution in [-0.4, -0.2) is 30.6 Å². The van der Waals surface area contributed by atoms with Gasteiger partial charge in [0.25, 0.3) is 0 Å². The van der Waals surface area contributed by atoms with Crippen molar-refractivity contribution < 1.29 is 0 Å². The molecule has 1 N–H and O–H groups in total. The minimum Gasteiger partial charge on any atom is -0.316 e. The van der Waals surface area contributed by atoms with E-state index in [1.807, 2.05) is 0 Å². The van der Waals surface area contributed by atoms with Crippen LogP contribution in [0.1, 0.15) is 18.1 Å². The predicted octanol–water partition coefficient (Wildman–Crippen LogP) is 2.03. The van der Waals surface area contributed by atoms with Crippen LogP contribution in [0, 0.1) is 18.8 Å². The van der Waals surface area contributed by atoms with Crippen LogP contribution in [0.2, 0.25) is 0 Å². The van der Waals surface area contributed by atoms with Gasteiger partial charge in [-0.05, 0) is 44.3 Å². The van der Waals surface area contributed by atoms with Crippen molar-refractivity contribution in [1.82, 2.24) is 10.2 Å². The van der Waals surface area contributed by atoms with Crippen LogP contribution in [0.25, 0.3) is 0 Å². The van der Waals surface area contributed by atoms with Crippen molar-refractivity contribution in [2.75, 3.05) is 19.6 Å².